The third kappa shape index (κ3) is 5.26. The number of amides is 2. The Hall–Kier alpha value is -1.47. The van der Waals surface area contributed by atoms with E-state index in [1.807, 2.05) is 0 Å². The Kier molecular flexibility index (Phi) is 6.09. The highest BCUT2D eigenvalue weighted by atomic mass is 35.5. The predicted octanol–water partition coefficient (Wildman–Crippen LogP) is 3.52. The lowest BCUT2D eigenvalue weighted by Gasteiger charge is -2.12. The normalized spacial score (nSPS) is 11.2. The lowest BCUT2D eigenvalue weighted by Crippen LogP contribution is -2.30. The first-order chi connectivity index (χ1) is 9.34. The van der Waals surface area contributed by atoms with E-state index >= 15 is 0 Å². The topological polar surface area (TPSA) is 50.4 Å². The quantitative estimate of drug-likeness (QED) is 0.818. The van der Waals surface area contributed by atoms with E-state index in [0.29, 0.717) is 19.6 Å². The Labute approximate surface area is 119 Å². The summed E-state index contributed by atoms with van der Waals surface area (Å²) in [6, 6.07) is 2.59. The average molecular weight is 311 g/mol. The van der Waals surface area contributed by atoms with Crippen molar-refractivity contribution in [2.45, 2.75) is 12.6 Å². The first kappa shape index (κ1) is 16.6. The van der Waals surface area contributed by atoms with Crippen LogP contribution in [0.1, 0.15) is 12.0 Å². The van der Waals surface area contributed by atoms with Gasteiger partial charge < -0.3 is 15.4 Å². The van der Waals surface area contributed by atoms with E-state index in [-0.39, 0.29) is 5.69 Å². The highest BCUT2D eigenvalue weighted by Crippen LogP contribution is 2.36. The van der Waals surface area contributed by atoms with Crippen LogP contribution < -0.4 is 10.6 Å². The van der Waals surface area contributed by atoms with Crippen LogP contribution in [0.3, 0.4) is 0 Å². The summed E-state index contributed by atoms with van der Waals surface area (Å²) in [4.78, 5) is 11.4. The monoisotopic (exact) mass is 310 g/mol. The number of carbonyl (C=O) groups excluding carboxylic acids is 1. The molecule has 4 nitrogen and oxygen atoms in total. The second kappa shape index (κ2) is 7.35. The first-order valence-electron chi connectivity index (χ1n) is 5.75. The van der Waals surface area contributed by atoms with Crippen LogP contribution in [-0.4, -0.2) is 26.3 Å². The summed E-state index contributed by atoms with van der Waals surface area (Å²) in [5, 5.41) is 4.39. The van der Waals surface area contributed by atoms with Gasteiger partial charge in [-0.2, -0.15) is 13.2 Å². The number of methoxy groups -OCH3 is 1. The summed E-state index contributed by atoms with van der Waals surface area (Å²) >= 11 is 5.47. The van der Waals surface area contributed by atoms with E-state index in [1.54, 1.807) is 0 Å². The SMILES string of the molecule is COCCCNC(=O)Nc1ccc(Cl)c(C(F)(F)F)c1. The molecule has 112 valence electrons. The van der Waals surface area contributed by atoms with Gasteiger partial charge in [0.25, 0.3) is 0 Å². The van der Waals surface area contributed by atoms with E-state index in [9.17, 15) is 18.0 Å². The van der Waals surface area contributed by atoms with Crippen molar-refractivity contribution in [1.82, 2.24) is 5.32 Å². The molecule has 0 atom stereocenters. The van der Waals surface area contributed by atoms with Gasteiger partial charge in [-0.3, -0.25) is 0 Å². The maximum atomic E-state index is 12.6. The molecular weight excluding hydrogens is 297 g/mol. The highest BCUT2D eigenvalue weighted by Gasteiger charge is 2.33. The molecule has 1 aromatic carbocycles. The van der Waals surface area contributed by atoms with Gasteiger partial charge in [0.05, 0.1) is 10.6 Å². The lowest BCUT2D eigenvalue weighted by molar-refractivity contribution is -0.137. The van der Waals surface area contributed by atoms with Gasteiger partial charge in [0, 0.05) is 25.9 Å². The van der Waals surface area contributed by atoms with Crippen molar-refractivity contribution in [3.63, 3.8) is 0 Å². The van der Waals surface area contributed by atoms with Gasteiger partial charge in [-0.05, 0) is 24.6 Å². The first-order valence-corrected chi connectivity index (χ1v) is 6.13. The van der Waals surface area contributed by atoms with Crippen molar-refractivity contribution < 1.29 is 22.7 Å². The van der Waals surface area contributed by atoms with E-state index < -0.39 is 22.8 Å². The van der Waals surface area contributed by atoms with E-state index in [4.69, 9.17) is 16.3 Å². The Balaban J connectivity index is 2.62. The van der Waals surface area contributed by atoms with Crippen LogP contribution in [0.25, 0.3) is 0 Å². The number of anilines is 1. The Morgan fingerprint density at radius 3 is 2.70 bits per heavy atom. The van der Waals surface area contributed by atoms with Crippen molar-refractivity contribution >= 4 is 23.3 Å². The molecular formula is C12H14ClF3N2O2. The highest BCUT2D eigenvalue weighted by molar-refractivity contribution is 6.31. The molecule has 0 fully saturated rings. The number of ether oxygens (including phenoxy) is 1. The number of rotatable bonds is 5. The molecule has 0 aromatic heterocycles. The van der Waals surface area contributed by atoms with Crippen LogP contribution in [0.15, 0.2) is 18.2 Å². The molecule has 2 N–H and O–H groups in total. The molecule has 0 radical (unpaired) electrons. The smallest absolute Gasteiger partial charge is 0.385 e. The lowest BCUT2D eigenvalue weighted by atomic mass is 10.2. The molecule has 0 saturated heterocycles. The Morgan fingerprint density at radius 2 is 2.10 bits per heavy atom. The van der Waals surface area contributed by atoms with Crippen molar-refractivity contribution in [2.24, 2.45) is 0 Å². The fraction of sp³-hybridized carbons (Fsp3) is 0.417. The second-order valence-corrected chi connectivity index (χ2v) is 4.33. The standard InChI is InChI=1S/C12H14ClF3N2O2/c1-20-6-2-5-17-11(19)18-8-3-4-10(13)9(7-8)12(14,15)16/h3-4,7H,2,5-6H2,1H3,(H2,17,18,19). The van der Waals surface area contributed by atoms with Gasteiger partial charge in [0.2, 0.25) is 0 Å². The van der Waals surface area contributed by atoms with Crippen molar-refractivity contribution in [1.29, 1.82) is 0 Å². The zero-order valence-corrected chi connectivity index (χ0v) is 11.4. The Morgan fingerprint density at radius 1 is 1.40 bits per heavy atom. The zero-order chi connectivity index (χ0) is 15.2. The summed E-state index contributed by atoms with van der Waals surface area (Å²) in [7, 11) is 1.53. The largest absolute Gasteiger partial charge is 0.417 e. The molecule has 20 heavy (non-hydrogen) atoms. The minimum absolute atomic E-state index is 0.0194. The minimum atomic E-state index is -4.57. The molecule has 0 aliphatic carbocycles. The van der Waals surface area contributed by atoms with Crippen LogP contribution in [0, 0.1) is 0 Å². The number of urea groups is 1. The summed E-state index contributed by atoms with van der Waals surface area (Å²) in [5.41, 5.74) is -0.970. The third-order valence-corrected chi connectivity index (χ3v) is 2.67. The number of alkyl halides is 3. The molecule has 0 unspecified atom stereocenters. The molecule has 1 aromatic rings. The van der Waals surface area contributed by atoms with Gasteiger partial charge in [-0.15, -0.1) is 0 Å². The summed E-state index contributed by atoms with van der Waals surface area (Å²) in [6.07, 6.45) is -3.96. The fourth-order valence-corrected chi connectivity index (χ4v) is 1.64. The van der Waals surface area contributed by atoms with Gasteiger partial charge in [-0.1, -0.05) is 11.6 Å². The van der Waals surface area contributed by atoms with Crippen LogP contribution in [-0.2, 0) is 10.9 Å². The molecule has 0 saturated carbocycles. The van der Waals surface area contributed by atoms with Crippen molar-refractivity contribution in [3.05, 3.63) is 28.8 Å². The molecule has 0 bridgehead atoms. The molecule has 0 aliphatic rings. The van der Waals surface area contributed by atoms with Crippen LogP contribution in [0.2, 0.25) is 5.02 Å². The summed E-state index contributed by atoms with van der Waals surface area (Å²) < 4.78 is 42.7. The fourth-order valence-electron chi connectivity index (χ4n) is 1.41. The van der Waals surface area contributed by atoms with Gasteiger partial charge in [0.1, 0.15) is 0 Å². The van der Waals surface area contributed by atoms with Crippen LogP contribution in [0.4, 0.5) is 23.7 Å². The zero-order valence-electron chi connectivity index (χ0n) is 10.7. The molecule has 0 heterocycles. The number of benzene rings is 1. The molecule has 2 amide bonds. The molecule has 8 heteroatoms. The molecule has 0 spiro atoms. The average Bonchev–Trinajstić information content (AvgIpc) is 2.36. The second-order valence-electron chi connectivity index (χ2n) is 3.92. The number of hydrogen-bond acceptors (Lipinski definition) is 2. The van der Waals surface area contributed by atoms with Crippen LogP contribution in [0.5, 0.6) is 0 Å². The number of nitrogens with one attached hydrogen (secondary N) is 2. The third-order valence-electron chi connectivity index (χ3n) is 2.34. The number of hydrogen-bond donors (Lipinski definition) is 2. The predicted molar refractivity (Wildman–Crippen MR) is 70.0 cm³/mol. The van der Waals surface area contributed by atoms with Gasteiger partial charge in [-0.25, -0.2) is 4.79 Å². The van der Waals surface area contributed by atoms with Gasteiger partial charge in [0.15, 0.2) is 0 Å². The number of carbonyl (C=O) groups is 1. The van der Waals surface area contributed by atoms with Gasteiger partial charge >= 0.3 is 12.2 Å². The molecule has 0 aliphatic heterocycles. The minimum Gasteiger partial charge on any atom is -0.385 e. The maximum absolute atomic E-state index is 12.6. The van der Waals surface area contributed by atoms with E-state index in [1.165, 1.54) is 13.2 Å². The maximum Gasteiger partial charge on any atom is 0.417 e. The van der Waals surface area contributed by atoms with E-state index in [0.717, 1.165) is 12.1 Å². The van der Waals surface area contributed by atoms with Crippen molar-refractivity contribution in [3.8, 4) is 0 Å². The summed E-state index contributed by atoms with van der Waals surface area (Å²) in [5.74, 6) is 0. The Bertz CT molecular complexity index is 467. The molecule has 1 rings (SSSR count). The number of halogens is 4. The van der Waals surface area contributed by atoms with E-state index in [2.05, 4.69) is 10.6 Å². The van der Waals surface area contributed by atoms with Crippen LogP contribution >= 0.6 is 11.6 Å². The summed E-state index contributed by atoms with van der Waals surface area (Å²) in [6.45, 7) is 0.846. The van der Waals surface area contributed by atoms with Crippen molar-refractivity contribution in [2.75, 3.05) is 25.6 Å².